The minimum absolute atomic E-state index is 0.288. The van der Waals surface area contributed by atoms with Crippen molar-refractivity contribution in [3.05, 3.63) is 39.6 Å². The predicted molar refractivity (Wildman–Crippen MR) is 75.3 cm³/mol. The van der Waals surface area contributed by atoms with Crippen molar-refractivity contribution in [2.24, 2.45) is 5.92 Å². The molecule has 22 heavy (non-hydrogen) atoms. The monoisotopic (exact) mass is 313 g/mol. The minimum Gasteiger partial charge on any atom is -0.303 e. The molecular formula is C15H18F3N3O. The summed E-state index contributed by atoms with van der Waals surface area (Å²) in [5.41, 5.74) is 0.00651. The van der Waals surface area contributed by atoms with E-state index in [1.165, 1.54) is 0 Å². The predicted octanol–water partition coefficient (Wildman–Crippen LogP) is 2.50. The maximum Gasteiger partial charge on any atom is 0.449 e. The topological polar surface area (TPSA) is 49.0 Å². The second kappa shape index (κ2) is 5.87. The van der Waals surface area contributed by atoms with Crippen molar-refractivity contribution in [3.8, 4) is 0 Å². The Hall–Kier alpha value is -1.63. The van der Waals surface area contributed by atoms with Gasteiger partial charge in [-0.15, -0.1) is 0 Å². The summed E-state index contributed by atoms with van der Waals surface area (Å²) in [7, 11) is 0. The average molecular weight is 313 g/mol. The third kappa shape index (κ3) is 3.24. The van der Waals surface area contributed by atoms with Gasteiger partial charge in [0, 0.05) is 26.1 Å². The normalized spacial score (nSPS) is 22.6. The first-order valence-electron chi connectivity index (χ1n) is 7.50. The van der Waals surface area contributed by atoms with E-state index in [1.807, 2.05) is 4.98 Å². The van der Waals surface area contributed by atoms with E-state index in [0.717, 1.165) is 25.8 Å². The average Bonchev–Trinajstić information content (AvgIpc) is 2.48. The van der Waals surface area contributed by atoms with Crippen molar-refractivity contribution < 1.29 is 13.2 Å². The summed E-state index contributed by atoms with van der Waals surface area (Å²) in [6, 6.07) is 0. The van der Waals surface area contributed by atoms with Crippen molar-refractivity contribution >= 4 is 0 Å². The van der Waals surface area contributed by atoms with Crippen LogP contribution >= 0.6 is 0 Å². The molecule has 0 saturated carbocycles. The first-order chi connectivity index (χ1) is 10.4. The molecule has 1 atom stereocenters. The van der Waals surface area contributed by atoms with Gasteiger partial charge in [-0.2, -0.15) is 13.2 Å². The van der Waals surface area contributed by atoms with E-state index in [4.69, 9.17) is 0 Å². The van der Waals surface area contributed by atoms with Crippen LogP contribution in [0, 0.1) is 5.92 Å². The molecule has 1 aliphatic heterocycles. The Kier molecular flexibility index (Phi) is 4.08. The zero-order valence-electron chi connectivity index (χ0n) is 12.1. The van der Waals surface area contributed by atoms with Gasteiger partial charge in [-0.3, -0.25) is 9.69 Å². The lowest BCUT2D eigenvalue weighted by molar-refractivity contribution is -0.145. The van der Waals surface area contributed by atoms with Crippen LogP contribution < -0.4 is 5.56 Å². The number of nitrogens with zero attached hydrogens (tertiary/aromatic N) is 2. The van der Waals surface area contributed by atoms with Gasteiger partial charge < -0.3 is 4.98 Å². The van der Waals surface area contributed by atoms with Gasteiger partial charge in [0.2, 0.25) is 5.82 Å². The number of nitrogens with one attached hydrogen (secondary N) is 1. The highest BCUT2D eigenvalue weighted by Crippen LogP contribution is 2.27. The quantitative estimate of drug-likeness (QED) is 0.854. The van der Waals surface area contributed by atoms with Crippen molar-refractivity contribution in [1.82, 2.24) is 14.9 Å². The van der Waals surface area contributed by atoms with E-state index in [2.05, 4.69) is 22.0 Å². The minimum atomic E-state index is -4.61. The Morgan fingerprint density at radius 3 is 2.86 bits per heavy atom. The van der Waals surface area contributed by atoms with Crippen LogP contribution in [0.1, 0.15) is 36.3 Å². The molecule has 0 fully saturated rings. The SMILES string of the molecule is O=c1[nH]c(C(F)(F)F)nc2c1CN(CC1CC=CCC1)CC2. The molecule has 1 aromatic rings. The second-order valence-corrected chi connectivity index (χ2v) is 5.97. The molecule has 2 heterocycles. The molecule has 0 aromatic carbocycles. The molecule has 2 aliphatic rings. The van der Waals surface area contributed by atoms with Crippen LogP contribution in [0.2, 0.25) is 0 Å². The lowest BCUT2D eigenvalue weighted by Gasteiger charge is -2.31. The molecule has 1 unspecified atom stereocenters. The lowest BCUT2D eigenvalue weighted by Crippen LogP contribution is -2.39. The van der Waals surface area contributed by atoms with Crippen LogP contribution in [0.5, 0.6) is 0 Å². The first kappa shape index (κ1) is 15.3. The summed E-state index contributed by atoms with van der Waals surface area (Å²) in [5, 5.41) is 0. The molecule has 7 heteroatoms. The molecule has 3 rings (SSSR count). The molecule has 0 amide bonds. The van der Waals surface area contributed by atoms with E-state index < -0.39 is 17.6 Å². The van der Waals surface area contributed by atoms with E-state index in [-0.39, 0.29) is 5.69 Å². The Bertz CT molecular complexity index is 636. The van der Waals surface area contributed by atoms with Crippen LogP contribution in [0.15, 0.2) is 16.9 Å². The molecule has 0 bridgehead atoms. The Labute approximate surface area is 126 Å². The third-order valence-electron chi connectivity index (χ3n) is 4.31. The second-order valence-electron chi connectivity index (χ2n) is 5.97. The molecule has 1 aliphatic carbocycles. The lowest BCUT2D eigenvalue weighted by atomic mass is 9.93. The molecular weight excluding hydrogens is 295 g/mol. The van der Waals surface area contributed by atoms with Crippen LogP contribution in [0.3, 0.4) is 0 Å². The van der Waals surface area contributed by atoms with Crippen molar-refractivity contribution in [2.45, 2.75) is 38.4 Å². The maximum atomic E-state index is 12.7. The summed E-state index contributed by atoms with van der Waals surface area (Å²) in [6.07, 6.45) is 3.37. The third-order valence-corrected chi connectivity index (χ3v) is 4.31. The van der Waals surface area contributed by atoms with E-state index in [0.29, 0.717) is 31.0 Å². The van der Waals surface area contributed by atoms with Gasteiger partial charge in [-0.25, -0.2) is 4.98 Å². The number of allylic oxidation sites excluding steroid dienone is 2. The summed E-state index contributed by atoms with van der Waals surface area (Å²) >= 11 is 0. The molecule has 1 aromatic heterocycles. The van der Waals surface area contributed by atoms with Crippen molar-refractivity contribution in [1.29, 1.82) is 0 Å². The Morgan fingerprint density at radius 2 is 2.18 bits per heavy atom. The van der Waals surface area contributed by atoms with Gasteiger partial charge in [0.1, 0.15) is 0 Å². The van der Waals surface area contributed by atoms with Gasteiger partial charge in [-0.05, 0) is 25.2 Å². The summed E-state index contributed by atoms with van der Waals surface area (Å²) in [6.45, 7) is 1.92. The molecule has 0 saturated heterocycles. The largest absolute Gasteiger partial charge is 0.449 e. The number of aromatic nitrogens is 2. The number of aromatic amines is 1. The van der Waals surface area contributed by atoms with Crippen LogP contribution in [-0.4, -0.2) is 28.0 Å². The number of rotatable bonds is 2. The molecule has 0 spiro atoms. The maximum absolute atomic E-state index is 12.7. The highest BCUT2D eigenvalue weighted by molar-refractivity contribution is 5.21. The van der Waals surface area contributed by atoms with Crippen molar-refractivity contribution in [3.63, 3.8) is 0 Å². The van der Waals surface area contributed by atoms with Gasteiger partial charge >= 0.3 is 6.18 Å². The molecule has 4 nitrogen and oxygen atoms in total. The van der Waals surface area contributed by atoms with E-state index in [9.17, 15) is 18.0 Å². The van der Waals surface area contributed by atoms with Gasteiger partial charge in [0.15, 0.2) is 0 Å². The number of halogens is 3. The number of hydrogen-bond acceptors (Lipinski definition) is 3. The first-order valence-corrected chi connectivity index (χ1v) is 7.50. The van der Waals surface area contributed by atoms with Crippen molar-refractivity contribution in [2.75, 3.05) is 13.1 Å². The van der Waals surface area contributed by atoms with Gasteiger partial charge in [-0.1, -0.05) is 12.2 Å². The van der Waals surface area contributed by atoms with Crippen LogP contribution in [-0.2, 0) is 19.1 Å². The van der Waals surface area contributed by atoms with E-state index in [1.54, 1.807) is 0 Å². The molecule has 1 N–H and O–H groups in total. The van der Waals surface area contributed by atoms with E-state index >= 15 is 0 Å². The highest BCUT2D eigenvalue weighted by atomic mass is 19.4. The zero-order valence-corrected chi connectivity index (χ0v) is 12.1. The zero-order chi connectivity index (χ0) is 15.7. The summed E-state index contributed by atoms with van der Waals surface area (Å²) in [4.78, 5) is 19.6. The molecule has 0 radical (unpaired) electrons. The summed E-state index contributed by atoms with van der Waals surface area (Å²) < 4.78 is 38.0. The fraction of sp³-hybridized carbons (Fsp3) is 0.600. The fourth-order valence-corrected chi connectivity index (χ4v) is 3.16. The fourth-order valence-electron chi connectivity index (χ4n) is 3.16. The number of fused-ring (bicyclic) bond motifs is 1. The highest BCUT2D eigenvalue weighted by Gasteiger charge is 2.36. The van der Waals surface area contributed by atoms with Gasteiger partial charge in [0.05, 0.1) is 11.3 Å². The standard InChI is InChI=1S/C15H18F3N3O/c16-15(17,18)14-19-12-6-7-21(9-11(12)13(22)20-14)8-10-4-2-1-3-5-10/h1-2,10H,3-9H2,(H,19,20,22). The number of H-pyrrole nitrogens is 1. The Morgan fingerprint density at radius 1 is 1.36 bits per heavy atom. The summed E-state index contributed by atoms with van der Waals surface area (Å²) in [5.74, 6) is -0.629. The molecule has 120 valence electrons. The van der Waals surface area contributed by atoms with Gasteiger partial charge in [0.25, 0.3) is 5.56 Å². The smallest absolute Gasteiger partial charge is 0.303 e. The number of alkyl halides is 3. The Balaban J connectivity index is 1.76. The number of hydrogen-bond donors (Lipinski definition) is 1. The van der Waals surface area contributed by atoms with Crippen LogP contribution in [0.4, 0.5) is 13.2 Å². The van der Waals surface area contributed by atoms with Crippen LogP contribution in [0.25, 0.3) is 0 Å².